The van der Waals surface area contributed by atoms with Gasteiger partial charge in [-0.1, -0.05) is 11.3 Å². The average molecular weight is 440 g/mol. The third-order valence-electron chi connectivity index (χ3n) is 4.55. The molecule has 0 aliphatic rings. The first-order valence-corrected chi connectivity index (χ1v) is 9.53. The third kappa shape index (κ3) is 4.89. The summed E-state index contributed by atoms with van der Waals surface area (Å²) in [5.41, 5.74) is 7.81. The van der Waals surface area contributed by atoms with Crippen LogP contribution in [0.25, 0.3) is 0 Å². The first kappa shape index (κ1) is 22.4. The highest BCUT2D eigenvalue weighted by Crippen LogP contribution is 2.30. The molecule has 168 valence electrons. The number of nitrogen functional groups attached to an aromatic ring is 1. The van der Waals surface area contributed by atoms with E-state index >= 15 is 0 Å². The van der Waals surface area contributed by atoms with Crippen LogP contribution < -0.4 is 30.6 Å². The van der Waals surface area contributed by atoms with Crippen molar-refractivity contribution in [1.82, 2.24) is 15.0 Å². The Labute approximate surface area is 184 Å². The molecule has 1 heterocycles. The van der Waals surface area contributed by atoms with Crippen LogP contribution in [0.4, 0.5) is 17.2 Å². The summed E-state index contributed by atoms with van der Waals surface area (Å²) in [6.07, 6.45) is 0. The van der Waals surface area contributed by atoms with E-state index in [0.29, 0.717) is 28.6 Å². The van der Waals surface area contributed by atoms with Crippen LogP contribution in [-0.2, 0) is 11.3 Å². The van der Waals surface area contributed by atoms with Crippen molar-refractivity contribution >= 4 is 29.0 Å². The number of nitrogens with one attached hydrogen (secondary N) is 2. The van der Waals surface area contributed by atoms with Crippen molar-refractivity contribution < 1.29 is 23.8 Å². The molecule has 1 aromatic heterocycles. The molecule has 0 spiro atoms. The molecule has 32 heavy (non-hydrogen) atoms. The minimum absolute atomic E-state index is 0.0448. The normalized spacial score (nSPS) is 10.4. The van der Waals surface area contributed by atoms with Gasteiger partial charge in [0.1, 0.15) is 12.3 Å². The van der Waals surface area contributed by atoms with Crippen LogP contribution in [0.3, 0.4) is 0 Å². The number of anilines is 3. The molecule has 2 aromatic carbocycles. The summed E-state index contributed by atoms with van der Waals surface area (Å²) in [4.78, 5) is 25.1. The number of aromatic nitrogens is 3. The van der Waals surface area contributed by atoms with E-state index in [2.05, 4.69) is 20.9 Å². The Morgan fingerprint density at radius 1 is 0.969 bits per heavy atom. The monoisotopic (exact) mass is 440 g/mol. The van der Waals surface area contributed by atoms with Crippen molar-refractivity contribution in [2.75, 3.05) is 37.7 Å². The fraction of sp³-hybridized carbons (Fsp3) is 0.238. The molecule has 4 N–H and O–H groups in total. The first-order valence-electron chi connectivity index (χ1n) is 9.53. The van der Waals surface area contributed by atoms with Crippen molar-refractivity contribution in [3.05, 3.63) is 47.7 Å². The molecule has 0 saturated heterocycles. The summed E-state index contributed by atoms with van der Waals surface area (Å²) in [7, 11) is 4.52. The van der Waals surface area contributed by atoms with Crippen LogP contribution in [0.5, 0.6) is 17.2 Å². The second kappa shape index (κ2) is 9.69. The lowest BCUT2D eigenvalue weighted by Gasteiger charge is -2.11. The molecule has 11 heteroatoms. The van der Waals surface area contributed by atoms with Gasteiger partial charge < -0.3 is 30.6 Å². The van der Waals surface area contributed by atoms with Crippen LogP contribution >= 0.6 is 0 Å². The molecule has 0 aliphatic carbocycles. The highest BCUT2D eigenvalue weighted by Gasteiger charge is 2.20. The summed E-state index contributed by atoms with van der Waals surface area (Å²) in [5, 5.41) is 13.1. The molecule has 0 saturated carbocycles. The maximum absolute atomic E-state index is 12.6. The molecule has 0 radical (unpaired) electrons. The van der Waals surface area contributed by atoms with Gasteiger partial charge >= 0.3 is 0 Å². The van der Waals surface area contributed by atoms with Gasteiger partial charge in [0.15, 0.2) is 23.0 Å². The predicted octanol–water partition coefficient (Wildman–Crippen LogP) is 2.09. The summed E-state index contributed by atoms with van der Waals surface area (Å²) in [6, 6.07) is 10.3. The van der Waals surface area contributed by atoms with Crippen molar-refractivity contribution in [2.45, 2.75) is 13.5 Å². The Hall–Kier alpha value is -4.28. The predicted molar refractivity (Wildman–Crippen MR) is 118 cm³/mol. The molecular formula is C21H24N6O5. The Morgan fingerprint density at radius 2 is 1.66 bits per heavy atom. The number of carbonyl (C=O) groups excluding carboxylic acids is 2. The molecule has 2 amide bonds. The number of ether oxygens (including phenoxy) is 3. The number of aryl methyl sites for hydroxylation is 1. The fourth-order valence-corrected chi connectivity index (χ4v) is 2.95. The van der Waals surface area contributed by atoms with Gasteiger partial charge in [-0.15, -0.1) is 5.10 Å². The Morgan fingerprint density at radius 3 is 2.34 bits per heavy atom. The lowest BCUT2D eigenvalue weighted by Crippen LogP contribution is -2.21. The van der Waals surface area contributed by atoms with E-state index in [4.69, 9.17) is 19.9 Å². The number of hydrogen-bond donors (Lipinski definition) is 3. The molecular weight excluding hydrogens is 416 g/mol. The second-order valence-corrected chi connectivity index (χ2v) is 6.76. The first-order chi connectivity index (χ1) is 15.4. The van der Waals surface area contributed by atoms with Crippen LogP contribution in [0.1, 0.15) is 16.1 Å². The maximum Gasteiger partial charge on any atom is 0.280 e. The summed E-state index contributed by atoms with van der Waals surface area (Å²) in [6.45, 7) is 1.64. The summed E-state index contributed by atoms with van der Waals surface area (Å²) >= 11 is 0. The number of methoxy groups -OCH3 is 3. The number of carbonyl (C=O) groups is 2. The van der Waals surface area contributed by atoms with E-state index in [1.54, 1.807) is 30.3 Å². The van der Waals surface area contributed by atoms with Gasteiger partial charge in [-0.2, -0.15) is 0 Å². The van der Waals surface area contributed by atoms with E-state index in [9.17, 15) is 9.59 Å². The number of benzene rings is 2. The van der Waals surface area contributed by atoms with Crippen molar-refractivity contribution in [1.29, 1.82) is 0 Å². The van der Waals surface area contributed by atoms with Crippen LogP contribution in [-0.4, -0.2) is 48.1 Å². The quantitative estimate of drug-likeness (QED) is 0.483. The molecule has 0 unspecified atom stereocenters. The van der Waals surface area contributed by atoms with Gasteiger partial charge in [0.05, 0.1) is 27.0 Å². The zero-order valence-electron chi connectivity index (χ0n) is 18.1. The highest BCUT2D eigenvalue weighted by molar-refractivity contribution is 6.06. The van der Waals surface area contributed by atoms with E-state index in [1.807, 2.05) is 13.0 Å². The van der Waals surface area contributed by atoms with Gasteiger partial charge in [0.2, 0.25) is 5.91 Å². The Balaban J connectivity index is 1.70. The van der Waals surface area contributed by atoms with Crippen LogP contribution in [0, 0.1) is 6.92 Å². The molecule has 0 atom stereocenters. The lowest BCUT2D eigenvalue weighted by atomic mass is 10.2. The summed E-state index contributed by atoms with van der Waals surface area (Å²) in [5.74, 6) is 0.461. The Kier molecular flexibility index (Phi) is 6.78. The lowest BCUT2D eigenvalue weighted by molar-refractivity contribution is -0.116. The van der Waals surface area contributed by atoms with Gasteiger partial charge in [0.25, 0.3) is 5.91 Å². The molecule has 3 rings (SSSR count). The number of nitrogens with zero attached hydrogens (tertiary/aromatic N) is 3. The number of amides is 2. The van der Waals surface area contributed by atoms with Crippen LogP contribution in [0.15, 0.2) is 36.4 Å². The standard InChI is InChI=1S/C21H24N6O5/c1-12-5-7-15(30-2)14(9-12)24-21(29)19-20(22)27(26-25-19)11-18(28)23-13-6-8-16(31-3)17(10-13)32-4/h5-10H,11,22H2,1-4H3,(H,23,28)(H,24,29). The smallest absolute Gasteiger partial charge is 0.280 e. The van der Waals surface area contributed by atoms with Gasteiger partial charge in [0, 0.05) is 11.8 Å². The van der Waals surface area contributed by atoms with Gasteiger partial charge in [-0.05, 0) is 36.8 Å². The minimum Gasteiger partial charge on any atom is -0.495 e. The molecule has 3 aromatic rings. The number of hydrogen-bond acceptors (Lipinski definition) is 8. The maximum atomic E-state index is 12.6. The molecule has 0 fully saturated rings. The minimum atomic E-state index is -0.571. The molecule has 11 nitrogen and oxygen atoms in total. The van der Waals surface area contributed by atoms with Crippen molar-refractivity contribution in [3.63, 3.8) is 0 Å². The SMILES string of the molecule is COc1ccc(C)cc1NC(=O)c1nnn(CC(=O)Nc2ccc(OC)c(OC)c2)c1N. The van der Waals surface area contributed by atoms with Gasteiger partial charge in [-0.3, -0.25) is 9.59 Å². The highest BCUT2D eigenvalue weighted by atomic mass is 16.5. The van der Waals surface area contributed by atoms with E-state index < -0.39 is 11.8 Å². The van der Waals surface area contributed by atoms with E-state index in [-0.39, 0.29) is 18.1 Å². The topological polar surface area (TPSA) is 143 Å². The Bertz CT molecular complexity index is 1140. The average Bonchev–Trinajstić information content (AvgIpc) is 3.13. The zero-order chi connectivity index (χ0) is 23.3. The molecule has 0 aliphatic heterocycles. The fourth-order valence-electron chi connectivity index (χ4n) is 2.95. The third-order valence-corrected chi connectivity index (χ3v) is 4.55. The summed E-state index contributed by atoms with van der Waals surface area (Å²) < 4.78 is 16.8. The van der Waals surface area contributed by atoms with E-state index in [1.165, 1.54) is 21.3 Å². The number of nitrogens with two attached hydrogens (primary N) is 1. The molecule has 0 bridgehead atoms. The van der Waals surface area contributed by atoms with Gasteiger partial charge in [-0.25, -0.2) is 4.68 Å². The number of rotatable bonds is 8. The zero-order valence-corrected chi connectivity index (χ0v) is 18.1. The second-order valence-electron chi connectivity index (χ2n) is 6.76. The van der Waals surface area contributed by atoms with Crippen LogP contribution in [0.2, 0.25) is 0 Å². The van der Waals surface area contributed by atoms with Crippen molar-refractivity contribution in [3.8, 4) is 17.2 Å². The van der Waals surface area contributed by atoms with Crippen molar-refractivity contribution in [2.24, 2.45) is 0 Å². The largest absolute Gasteiger partial charge is 0.495 e. The van der Waals surface area contributed by atoms with E-state index in [0.717, 1.165) is 10.2 Å².